The van der Waals surface area contributed by atoms with Crippen molar-refractivity contribution in [1.29, 1.82) is 0 Å². The van der Waals surface area contributed by atoms with Gasteiger partial charge in [0.1, 0.15) is 5.82 Å². The Morgan fingerprint density at radius 2 is 1.67 bits per heavy atom. The molecule has 3 aromatic carbocycles. The Labute approximate surface area is 140 Å². The minimum Gasteiger partial charge on any atom is -0.206 e. The highest BCUT2D eigenvalue weighted by molar-refractivity contribution is 9.10. The van der Waals surface area contributed by atoms with Crippen LogP contribution in [0.5, 0.6) is 0 Å². The molecule has 0 aliphatic rings. The molecular formula is C17H10BrCl2F. The van der Waals surface area contributed by atoms with Crippen molar-refractivity contribution >= 4 is 49.9 Å². The van der Waals surface area contributed by atoms with Gasteiger partial charge in [0, 0.05) is 14.9 Å². The second-order valence-electron chi connectivity index (χ2n) is 4.75. The molecule has 1 atom stereocenters. The van der Waals surface area contributed by atoms with Crippen LogP contribution in [0.25, 0.3) is 10.8 Å². The summed E-state index contributed by atoms with van der Waals surface area (Å²) in [7, 11) is 0. The average molecular weight is 384 g/mol. The predicted molar refractivity (Wildman–Crippen MR) is 90.8 cm³/mol. The minimum absolute atomic E-state index is 0.245. The molecular weight excluding hydrogens is 374 g/mol. The molecule has 1 unspecified atom stereocenters. The Kier molecular flexibility index (Phi) is 4.21. The zero-order valence-electron chi connectivity index (χ0n) is 10.8. The average Bonchev–Trinajstić information content (AvgIpc) is 2.46. The van der Waals surface area contributed by atoms with E-state index in [-0.39, 0.29) is 5.82 Å². The lowest BCUT2D eigenvalue weighted by atomic mass is 9.97. The molecule has 0 aliphatic heterocycles. The van der Waals surface area contributed by atoms with Gasteiger partial charge in [-0.1, -0.05) is 57.9 Å². The highest BCUT2D eigenvalue weighted by Gasteiger charge is 2.16. The Balaban J connectivity index is 2.18. The lowest BCUT2D eigenvalue weighted by Crippen LogP contribution is -1.96. The molecule has 4 heteroatoms. The second kappa shape index (κ2) is 5.96. The highest BCUT2D eigenvalue weighted by Crippen LogP contribution is 2.36. The van der Waals surface area contributed by atoms with Gasteiger partial charge in [-0.25, -0.2) is 4.39 Å². The third-order valence-corrected chi connectivity index (χ3v) is 4.52. The summed E-state index contributed by atoms with van der Waals surface area (Å²) in [5, 5.41) is 1.59. The molecule has 3 rings (SSSR count). The summed E-state index contributed by atoms with van der Waals surface area (Å²) in [6.07, 6.45) is 0. The molecule has 0 amide bonds. The monoisotopic (exact) mass is 382 g/mol. The standard InChI is InChI=1S/C17H10BrCl2F/c18-11-7-10(8-12(19)9-11)17(20)15-5-6-16(21)14-4-2-1-3-13(14)15/h1-9,17H. The first-order chi connectivity index (χ1) is 10.1. The van der Waals surface area contributed by atoms with Gasteiger partial charge in [-0.15, -0.1) is 11.6 Å². The second-order valence-corrected chi connectivity index (χ2v) is 6.54. The predicted octanol–water partition coefficient (Wildman–Crippen LogP) is 6.72. The van der Waals surface area contributed by atoms with Crippen molar-refractivity contribution in [3.8, 4) is 0 Å². The van der Waals surface area contributed by atoms with E-state index < -0.39 is 5.38 Å². The smallest absolute Gasteiger partial charge is 0.131 e. The van der Waals surface area contributed by atoms with E-state index in [0.29, 0.717) is 10.4 Å². The van der Waals surface area contributed by atoms with Crippen molar-refractivity contribution in [3.63, 3.8) is 0 Å². The molecule has 0 radical (unpaired) electrons. The van der Waals surface area contributed by atoms with Gasteiger partial charge >= 0.3 is 0 Å². The molecule has 21 heavy (non-hydrogen) atoms. The molecule has 0 spiro atoms. The highest BCUT2D eigenvalue weighted by atomic mass is 79.9. The van der Waals surface area contributed by atoms with Crippen LogP contribution in [0.4, 0.5) is 4.39 Å². The first kappa shape index (κ1) is 14.8. The Bertz CT molecular complexity index is 797. The van der Waals surface area contributed by atoms with Gasteiger partial charge < -0.3 is 0 Å². The molecule has 0 bridgehead atoms. The third kappa shape index (κ3) is 2.94. The van der Waals surface area contributed by atoms with Crippen molar-refractivity contribution in [2.24, 2.45) is 0 Å². The summed E-state index contributed by atoms with van der Waals surface area (Å²) in [5.41, 5.74) is 1.73. The normalized spacial score (nSPS) is 12.6. The van der Waals surface area contributed by atoms with E-state index in [4.69, 9.17) is 23.2 Å². The van der Waals surface area contributed by atoms with Crippen LogP contribution in [0.1, 0.15) is 16.5 Å². The molecule has 0 aromatic heterocycles. The number of alkyl halides is 1. The van der Waals surface area contributed by atoms with E-state index in [1.54, 1.807) is 18.2 Å². The van der Waals surface area contributed by atoms with Crippen LogP contribution in [0.15, 0.2) is 59.1 Å². The van der Waals surface area contributed by atoms with Crippen LogP contribution >= 0.6 is 39.1 Å². The van der Waals surface area contributed by atoms with Crippen LogP contribution in [0.2, 0.25) is 5.02 Å². The number of hydrogen-bond acceptors (Lipinski definition) is 0. The fourth-order valence-corrected chi connectivity index (χ4v) is 3.61. The van der Waals surface area contributed by atoms with E-state index in [0.717, 1.165) is 21.0 Å². The minimum atomic E-state index is -0.398. The molecule has 0 nitrogen and oxygen atoms in total. The first-order valence-corrected chi connectivity index (χ1v) is 7.94. The van der Waals surface area contributed by atoms with Crippen LogP contribution in [-0.4, -0.2) is 0 Å². The van der Waals surface area contributed by atoms with Crippen molar-refractivity contribution < 1.29 is 4.39 Å². The molecule has 0 aliphatic carbocycles. The number of hydrogen-bond donors (Lipinski definition) is 0. The Morgan fingerprint density at radius 3 is 2.38 bits per heavy atom. The summed E-state index contributed by atoms with van der Waals surface area (Å²) in [6, 6.07) is 16.0. The van der Waals surface area contributed by atoms with Crippen molar-refractivity contribution in [3.05, 3.63) is 81.0 Å². The molecule has 0 heterocycles. The van der Waals surface area contributed by atoms with Crippen LogP contribution in [-0.2, 0) is 0 Å². The van der Waals surface area contributed by atoms with E-state index in [2.05, 4.69) is 15.9 Å². The molecule has 0 saturated carbocycles. The number of halogens is 4. The Hall–Kier alpha value is -1.09. The van der Waals surface area contributed by atoms with Crippen LogP contribution < -0.4 is 0 Å². The fraction of sp³-hybridized carbons (Fsp3) is 0.0588. The quantitative estimate of drug-likeness (QED) is 0.430. The summed E-state index contributed by atoms with van der Waals surface area (Å²) < 4.78 is 14.8. The van der Waals surface area contributed by atoms with Gasteiger partial charge in [0.15, 0.2) is 0 Å². The maximum absolute atomic E-state index is 13.9. The van der Waals surface area contributed by atoms with E-state index in [9.17, 15) is 4.39 Å². The molecule has 3 aromatic rings. The maximum Gasteiger partial charge on any atom is 0.131 e. The lowest BCUT2D eigenvalue weighted by Gasteiger charge is -2.14. The van der Waals surface area contributed by atoms with Crippen LogP contribution in [0, 0.1) is 5.82 Å². The van der Waals surface area contributed by atoms with Crippen molar-refractivity contribution in [2.45, 2.75) is 5.38 Å². The summed E-state index contributed by atoms with van der Waals surface area (Å²) in [6.45, 7) is 0. The van der Waals surface area contributed by atoms with E-state index in [1.807, 2.05) is 30.3 Å². The van der Waals surface area contributed by atoms with Crippen molar-refractivity contribution in [1.82, 2.24) is 0 Å². The SMILES string of the molecule is Fc1ccc(C(Cl)c2cc(Cl)cc(Br)c2)c2ccccc12. The number of fused-ring (bicyclic) bond motifs is 1. The van der Waals surface area contributed by atoms with Gasteiger partial charge in [0.05, 0.1) is 5.38 Å². The molecule has 0 fully saturated rings. The van der Waals surface area contributed by atoms with E-state index in [1.165, 1.54) is 6.07 Å². The first-order valence-electron chi connectivity index (χ1n) is 6.33. The molecule has 106 valence electrons. The zero-order chi connectivity index (χ0) is 15.0. The molecule has 0 saturated heterocycles. The third-order valence-electron chi connectivity index (χ3n) is 3.36. The number of rotatable bonds is 2. The maximum atomic E-state index is 13.9. The van der Waals surface area contributed by atoms with E-state index >= 15 is 0 Å². The summed E-state index contributed by atoms with van der Waals surface area (Å²) >= 11 is 16.1. The van der Waals surface area contributed by atoms with Gasteiger partial charge in [0.2, 0.25) is 0 Å². The lowest BCUT2D eigenvalue weighted by molar-refractivity contribution is 0.639. The van der Waals surface area contributed by atoms with Crippen LogP contribution in [0.3, 0.4) is 0 Å². The summed E-state index contributed by atoms with van der Waals surface area (Å²) in [4.78, 5) is 0. The largest absolute Gasteiger partial charge is 0.206 e. The van der Waals surface area contributed by atoms with Gasteiger partial charge in [-0.05, 0) is 40.8 Å². The number of benzene rings is 3. The zero-order valence-corrected chi connectivity index (χ0v) is 13.9. The fourth-order valence-electron chi connectivity index (χ4n) is 2.41. The molecule has 0 N–H and O–H groups in total. The van der Waals surface area contributed by atoms with Gasteiger partial charge in [-0.2, -0.15) is 0 Å². The van der Waals surface area contributed by atoms with Gasteiger partial charge in [0.25, 0.3) is 0 Å². The van der Waals surface area contributed by atoms with Gasteiger partial charge in [-0.3, -0.25) is 0 Å². The topological polar surface area (TPSA) is 0 Å². The Morgan fingerprint density at radius 1 is 0.952 bits per heavy atom. The van der Waals surface area contributed by atoms with Crippen molar-refractivity contribution in [2.75, 3.05) is 0 Å². The summed E-state index contributed by atoms with van der Waals surface area (Å²) in [5.74, 6) is -0.245.